The fourth-order valence-corrected chi connectivity index (χ4v) is 4.21. The number of morpholine rings is 1. The van der Waals surface area contributed by atoms with E-state index in [1.807, 2.05) is 4.68 Å². The third-order valence-corrected chi connectivity index (χ3v) is 5.53. The van der Waals surface area contributed by atoms with E-state index in [1.54, 1.807) is 6.20 Å². The summed E-state index contributed by atoms with van der Waals surface area (Å²) in [5.74, 6) is 0.809. The minimum atomic E-state index is 0.271. The third-order valence-electron chi connectivity index (χ3n) is 5.36. The van der Waals surface area contributed by atoms with Crippen LogP contribution in [0.3, 0.4) is 0 Å². The number of fused-ring (bicyclic) bond motifs is 1. The Morgan fingerprint density at radius 1 is 1.20 bits per heavy atom. The van der Waals surface area contributed by atoms with Crippen LogP contribution in [-0.4, -0.2) is 63.0 Å². The maximum absolute atomic E-state index is 6.10. The Morgan fingerprint density at radius 2 is 1.96 bits per heavy atom. The van der Waals surface area contributed by atoms with Crippen LogP contribution >= 0.6 is 11.6 Å². The van der Waals surface area contributed by atoms with E-state index in [2.05, 4.69) is 32.2 Å². The molecule has 0 radical (unpaired) electrons. The lowest BCUT2D eigenvalue weighted by Gasteiger charge is -2.39. The van der Waals surface area contributed by atoms with E-state index in [0.29, 0.717) is 12.1 Å². The van der Waals surface area contributed by atoms with Crippen LogP contribution in [0.25, 0.3) is 11.0 Å². The van der Waals surface area contributed by atoms with Crippen LogP contribution in [0.2, 0.25) is 5.28 Å². The highest BCUT2D eigenvalue weighted by molar-refractivity contribution is 6.28. The molecule has 0 unspecified atom stereocenters. The smallest absolute Gasteiger partial charge is 0.225 e. The molecular formula is C17H25ClN6O. The fraction of sp³-hybridized carbons (Fsp3) is 0.706. The van der Waals surface area contributed by atoms with Gasteiger partial charge < -0.3 is 10.1 Å². The van der Waals surface area contributed by atoms with Gasteiger partial charge in [0.15, 0.2) is 5.82 Å². The first-order valence-electron chi connectivity index (χ1n) is 9.22. The van der Waals surface area contributed by atoms with E-state index in [9.17, 15) is 0 Å². The van der Waals surface area contributed by atoms with E-state index in [4.69, 9.17) is 16.3 Å². The van der Waals surface area contributed by atoms with E-state index in [1.165, 1.54) is 12.8 Å². The summed E-state index contributed by atoms with van der Waals surface area (Å²) in [4.78, 5) is 11.3. The van der Waals surface area contributed by atoms with Crippen molar-refractivity contribution in [1.29, 1.82) is 0 Å². The molecule has 3 heterocycles. The maximum Gasteiger partial charge on any atom is 0.225 e. The van der Waals surface area contributed by atoms with Gasteiger partial charge in [-0.15, -0.1) is 0 Å². The van der Waals surface area contributed by atoms with Crippen LogP contribution in [0, 0.1) is 0 Å². The summed E-state index contributed by atoms with van der Waals surface area (Å²) in [6, 6.07) is 1.11. The Bertz CT molecular complexity index is 721. The quantitative estimate of drug-likeness (QED) is 0.841. The number of nitrogens with zero attached hydrogens (tertiary/aromatic N) is 5. The van der Waals surface area contributed by atoms with Gasteiger partial charge in [0.25, 0.3) is 0 Å². The first kappa shape index (κ1) is 17.0. The Balaban J connectivity index is 1.45. The number of ether oxygens (including phenoxy) is 1. The molecule has 2 fully saturated rings. The second-order valence-corrected chi connectivity index (χ2v) is 7.17. The van der Waals surface area contributed by atoms with Crippen molar-refractivity contribution in [2.75, 3.05) is 31.6 Å². The molecule has 1 saturated carbocycles. The summed E-state index contributed by atoms with van der Waals surface area (Å²) < 4.78 is 7.39. The van der Waals surface area contributed by atoms with E-state index < -0.39 is 0 Å². The summed E-state index contributed by atoms with van der Waals surface area (Å²) in [5, 5.41) is 8.26. The lowest BCUT2D eigenvalue weighted by atomic mass is 9.90. The summed E-state index contributed by atoms with van der Waals surface area (Å²) in [6.45, 7) is 6.74. The monoisotopic (exact) mass is 364 g/mol. The average Bonchev–Trinajstić information content (AvgIpc) is 3.06. The third kappa shape index (κ3) is 3.59. The Kier molecular flexibility index (Phi) is 5.05. The molecule has 8 heteroatoms. The molecule has 0 atom stereocenters. The second kappa shape index (κ2) is 7.43. The fourth-order valence-electron chi connectivity index (χ4n) is 4.03. The van der Waals surface area contributed by atoms with Gasteiger partial charge in [-0.05, 0) is 44.2 Å². The van der Waals surface area contributed by atoms with Crippen LogP contribution in [-0.2, 0) is 11.3 Å². The normalized spacial score (nSPS) is 25.4. The van der Waals surface area contributed by atoms with Gasteiger partial charge in [0.1, 0.15) is 11.0 Å². The molecular weight excluding hydrogens is 340 g/mol. The molecule has 2 aromatic heterocycles. The second-order valence-electron chi connectivity index (χ2n) is 6.83. The van der Waals surface area contributed by atoms with Crippen LogP contribution < -0.4 is 5.32 Å². The van der Waals surface area contributed by atoms with Crippen LogP contribution in [0.1, 0.15) is 32.6 Å². The molecule has 136 valence electrons. The zero-order chi connectivity index (χ0) is 17.2. The van der Waals surface area contributed by atoms with Gasteiger partial charge in [0.05, 0.1) is 19.4 Å². The van der Waals surface area contributed by atoms with Crippen molar-refractivity contribution in [3.8, 4) is 0 Å². The molecule has 1 aliphatic carbocycles. The number of halogens is 1. The first-order valence-corrected chi connectivity index (χ1v) is 9.59. The number of aromatic nitrogens is 4. The maximum atomic E-state index is 6.10. The molecule has 1 saturated heterocycles. The van der Waals surface area contributed by atoms with Gasteiger partial charge in [-0.2, -0.15) is 10.1 Å². The highest BCUT2D eigenvalue weighted by Crippen LogP contribution is 2.28. The van der Waals surface area contributed by atoms with E-state index >= 15 is 0 Å². The van der Waals surface area contributed by atoms with E-state index in [-0.39, 0.29) is 5.28 Å². The van der Waals surface area contributed by atoms with Crippen molar-refractivity contribution in [1.82, 2.24) is 24.6 Å². The minimum absolute atomic E-state index is 0.271. The largest absolute Gasteiger partial charge is 0.379 e. The van der Waals surface area contributed by atoms with Gasteiger partial charge in [-0.1, -0.05) is 0 Å². The van der Waals surface area contributed by atoms with Gasteiger partial charge >= 0.3 is 0 Å². The highest BCUT2D eigenvalue weighted by Gasteiger charge is 2.27. The molecule has 1 aliphatic heterocycles. The first-order chi connectivity index (χ1) is 12.2. The summed E-state index contributed by atoms with van der Waals surface area (Å²) >= 11 is 6.10. The predicted molar refractivity (Wildman–Crippen MR) is 98.1 cm³/mol. The molecule has 2 aromatic rings. The molecule has 0 spiro atoms. The molecule has 0 amide bonds. The topological polar surface area (TPSA) is 68.1 Å². The molecule has 1 N–H and O–H groups in total. The zero-order valence-electron chi connectivity index (χ0n) is 14.6. The highest BCUT2D eigenvalue weighted by atomic mass is 35.5. The molecule has 4 rings (SSSR count). The number of hydrogen-bond donors (Lipinski definition) is 1. The molecule has 7 nitrogen and oxygen atoms in total. The Morgan fingerprint density at radius 3 is 2.68 bits per heavy atom. The van der Waals surface area contributed by atoms with Crippen molar-refractivity contribution in [3.63, 3.8) is 0 Å². The predicted octanol–water partition coefficient (Wildman–Crippen LogP) is 2.55. The summed E-state index contributed by atoms with van der Waals surface area (Å²) in [6.07, 6.45) is 6.48. The molecule has 2 aliphatic rings. The number of rotatable bonds is 4. The Labute approximate surface area is 152 Å². The lowest BCUT2D eigenvalue weighted by Crippen LogP contribution is -2.46. The minimum Gasteiger partial charge on any atom is -0.379 e. The average molecular weight is 365 g/mol. The number of anilines is 1. The number of nitrogens with one attached hydrogen (secondary N) is 1. The summed E-state index contributed by atoms with van der Waals surface area (Å²) in [5.41, 5.74) is 1.74. The van der Waals surface area contributed by atoms with Gasteiger partial charge in [-0.25, -0.2) is 4.98 Å². The number of aryl methyl sites for hydroxylation is 1. The molecule has 25 heavy (non-hydrogen) atoms. The van der Waals surface area contributed by atoms with Gasteiger partial charge in [0, 0.05) is 31.7 Å². The van der Waals surface area contributed by atoms with Gasteiger partial charge in [0.2, 0.25) is 5.28 Å². The van der Waals surface area contributed by atoms with Crippen molar-refractivity contribution >= 4 is 28.5 Å². The van der Waals surface area contributed by atoms with E-state index in [0.717, 1.165) is 62.5 Å². The number of hydrogen-bond acceptors (Lipinski definition) is 6. The Hall–Kier alpha value is -1.44. The standard InChI is InChI=1S/C17H25ClN6O/c1-2-24-15-14(11-19-24)21-17(18)22-16(15)20-12-3-5-13(6-4-12)23-7-9-25-10-8-23/h11-13H,2-10H2,1H3,(H,20,21,22)/t12-,13-. The SMILES string of the molecule is CCn1ncc2nc(Cl)nc(N[C@H]3CC[C@H](N4CCOCC4)CC3)c21. The van der Waals surface area contributed by atoms with Crippen LogP contribution in [0.5, 0.6) is 0 Å². The zero-order valence-corrected chi connectivity index (χ0v) is 15.4. The molecule has 0 bridgehead atoms. The van der Waals surface area contributed by atoms with Crippen LogP contribution in [0.15, 0.2) is 6.20 Å². The van der Waals surface area contributed by atoms with Crippen LogP contribution in [0.4, 0.5) is 5.82 Å². The molecule has 0 aromatic carbocycles. The van der Waals surface area contributed by atoms with Crippen molar-refractivity contribution in [2.45, 2.75) is 51.2 Å². The van der Waals surface area contributed by atoms with Crippen molar-refractivity contribution in [3.05, 3.63) is 11.5 Å². The van der Waals surface area contributed by atoms with Gasteiger partial charge in [-0.3, -0.25) is 9.58 Å². The summed E-state index contributed by atoms with van der Waals surface area (Å²) in [7, 11) is 0. The van der Waals surface area contributed by atoms with Crippen molar-refractivity contribution in [2.24, 2.45) is 0 Å². The lowest BCUT2D eigenvalue weighted by molar-refractivity contribution is 0.00791. The van der Waals surface area contributed by atoms with Crippen molar-refractivity contribution < 1.29 is 4.74 Å².